The Kier molecular flexibility index (Phi) is 4.09. The number of ether oxygens (including phenoxy) is 2. The fourth-order valence-electron chi connectivity index (χ4n) is 1.70. The predicted molar refractivity (Wildman–Crippen MR) is 69.9 cm³/mol. The number of methoxy groups -OCH3 is 2. The van der Waals surface area contributed by atoms with Crippen molar-refractivity contribution >= 4 is 17.4 Å². The molecule has 1 aromatic rings. The van der Waals surface area contributed by atoms with Crippen molar-refractivity contribution in [2.75, 3.05) is 20.8 Å². The minimum atomic E-state index is -0.0197. The smallest absolute Gasteiger partial charge is 0.180 e. The van der Waals surface area contributed by atoms with Gasteiger partial charge in [0, 0.05) is 12.1 Å². The van der Waals surface area contributed by atoms with Gasteiger partial charge in [-0.15, -0.1) is 0 Å². The lowest BCUT2D eigenvalue weighted by molar-refractivity contribution is 0.0987. The summed E-state index contributed by atoms with van der Waals surface area (Å²) in [6, 6.07) is 3.72. The van der Waals surface area contributed by atoms with Gasteiger partial charge < -0.3 is 14.8 Å². The molecule has 0 bridgehead atoms. The van der Waals surface area contributed by atoms with Crippen LogP contribution in [0.3, 0.4) is 0 Å². The van der Waals surface area contributed by atoms with Crippen LogP contribution in [0.5, 0.6) is 11.5 Å². The summed E-state index contributed by atoms with van der Waals surface area (Å²) >= 11 is 5.99. The number of carbonyl (C=O) groups excluding carboxylic acids is 1. The van der Waals surface area contributed by atoms with Crippen LogP contribution in [0.15, 0.2) is 12.1 Å². The van der Waals surface area contributed by atoms with Gasteiger partial charge >= 0.3 is 0 Å². The highest BCUT2D eigenvalue weighted by Crippen LogP contribution is 2.32. The molecule has 1 N–H and O–H groups in total. The second-order valence-corrected chi connectivity index (χ2v) is 4.67. The first kappa shape index (κ1) is 13.2. The van der Waals surface area contributed by atoms with E-state index in [0.717, 1.165) is 12.8 Å². The summed E-state index contributed by atoms with van der Waals surface area (Å²) in [7, 11) is 3.04. The fourth-order valence-corrected chi connectivity index (χ4v) is 1.93. The number of ketones is 1. The van der Waals surface area contributed by atoms with Crippen LogP contribution >= 0.6 is 11.6 Å². The van der Waals surface area contributed by atoms with Gasteiger partial charge in [-0.1, -0.05) is 11.6 Å². The van der Waals surface area contributed by atoms with Gasteiger partial charge in [-0.3, -0.25) is 4.79 Å². The molecule has 0 aliphatic heterocycles. The van der Waals surface area contributed by atoms with E-state index >= 15 is 0 Å². The minimum absolute atomic E-state index is 0.0197. The quantitative estimate of drug-likeness (QED) is 0.805. The average molecular weight is 270 g/mol. The largest absolute Gasteiger partial charge is 0.496 e. The molecule has 4 nitrogen and oxygen atoms in total. The van der Waals surface area contributed by atoms with E-state index in [1.807, 2.05) is 0 Å². The normalized spacial score (nSPS) is 14.4. The molecular formula is C13H16ClNO3. The highest BCUT2D eigenvalue weighted by Gasteiger charge is 2.23. The standard InChI is InChI=1S/C13H16ClNO3/c1-17-12-6-10(14)13(18-2)5-9(12)11(16)7-15-8-3-4-8/h5-6,8,15H,3-4,7H2,1-2H3. The SMILES string of the molecule is COc1cc(C(=O)CNC2CC2)c(OC)cc1Cl. The second-order valence-electron chi connectivity index (χ2n) is 4.27. The highest BCUT2D eigenvalue weighted by atomic mass is 35.5. The maximum atomic E-state index is 12.1. The third-order valence-electron chi connectivity index (χ3n) is 2.90. The van der Waals surface area contributed by atoms with Gasteiger partial charge in [0.1, 0.15) is 11.5 Å². The zero-order valence-electron chi connectivity index (χ0n) is 10.5. The third-order valence-corrected chi connectivity index (χ3v) is 3.20. The minimum Gasteiger partial charge on any atom is -0.496 e. The molecule has 5 heteroatoms. The Morgan fingerprint density at radius 1 is 1.33 bits per heavy atom. The third kappa shape index (κ3) is 2.94. The van der Waals surface area contributed by atoms with Crippen molar-refractivity contribution in [1.82, 2.24) is 5.32 Å². The number of rotatable bonds is 6. The van der Waals surface area contributed by atoms with E-state index in [0.29, 0.717) is 34.7 Å². The zero-order chi connectivity index (χ0) is 13.1. The summed E-state index contributed by atoms with van der Waals surface area (Å²) in [5, 5.41) is 3.61. The average Bonchev–Trinajstić information content (AvgIpc) is 3.19. The first-order valence-electron chi connectivity index (χ1n) is 5.83. The Morgan fingerprint density at radius 3 is 2.56 bits per heavy atom. The Bertz CT molecular complexity index is 458. The monoisotopic (exact) mass is 269 g/mol. The summed E-state index contributed by atoms with van der Waals surface area (Å²) in [6.45, 7) is 0.311. The summed E-state index contributed by atoms with van der Waals surface area (Å²) in [4.78, 5) is 12.1. The van der Waals surface area contributed by atoms with Crippen molar-refractivity contribution in [3.8, 4) is 11.5 Å². The van der Waals surface area contributed by atoms with Crippen molar-refractivity contribution in [3.63, 3.8) is 0 Å². The van der Waals surface area contributed by atoms with Gasteiger partial charge in [0.25, 0.3) is 0 Å². The van der Waals surface area contributed by atoms with Gasteiger partial charge in [-0.25, -0.2) is 0 Å². The predicted octanol–water partition coefficient (Wildman–Crippen LogP) is 2.29. The number of halogens is 1. The number of hydrogen-bond donors (Lipinski definition) is 1. The second kappa shape index (κ2) is 5.59. The molecule has 18 heavy (non-hydrogen) atoms. The summed E-state index contributed by atoms with van der Waals surface area (Å²) in [5.41, 5.74) is 0.493. The van der Waals surface area contributed by atoms with E-state index in [9.17, 15) is 4.79 Å². The topological polar surface area (TPSA) is 47.6 Å². The van der Waals surface area contributed by atoms with Crippen molar-refractivity contribution in [1.29, 1.82) is 0 Å². The van der Waals surface area contributed by atoms with Crippen LogP contribution in [0.1, 0.15) is 23.2 Å². The Labute approximate surface area is 111 Å². The van der Waals surface area contributed by atoms with Crippen LogP contribution in [0.25, 0.3) is 0 Å². The van der Waals surface area contributed by atoms with Crippen LogP contribution in [-0.4, -0.2) is 32.6 Å². The summed E-state index contributed by atoms with van der Waals surface area (Å²) < 4.78 is 10.3. The highest BCUT2D eigenvalue weighted by molar-refractivity contribution is 6.32. The molecular weight excluding hydrogens is 254 g/mol. The molecule has 0 atom stereocenters. The number of benzene rings is 1. The first-order chi connectivity index (χ1) is 8.65. The van der Waals surface area contributed by atoms with Crippen LogP contribution in [0, 0.1) is 0 Å². The van der Waals surface area contributed by atoms with E-state index in [1.165, 1.54) is 14.2 Å². The van der Waals surface area contributed by atoms with Gasteiger partial charge in [-0.05, 0) is 18.9 Å². The molecule has 98 valence electrons. The number of nitrogens with one attached hydrogen (secondary N) is 1. The van der Waals surface area contributed by atoms with Gasteiger partial charge in [-0.2, -0.15) is 0 Å². The summed E-state index contributed by atoms with van der Waals surface area (Å²) in [6.07, 6.45) is 2.29. The van der Waals surface area contributed by atoms with E-state index in [1.54, 1.807) is 12.1 Å². The van der Waals surface area contributed by atoms with E-state index in [4.69, 9.17) is 21.1 Å². The molecule has 1 fully saturated rings. The molecule has 0 unspecified atom stereocenters. The van der Waals surface area contributed by atoms with E-state index in [2.05, 4.69) is 5.32 Å². The van der Waals surface area contributed by atoms with Gasteiger partial charge in [0.2, 0.25) is 0 Å². The molecule has 0 radical (unpaired) electrons. The molecule has 1 aromatic carbocycles. The van der Waals surface area contributed by atoms with E-state index < -0.39 is 0 Å². The Hall–Kier alpha value is -1.26. The van der Waals surface area contributed by atoms with Crippen LogP contribution in [0.4, 0.5) is 0 Å². The fraction of sp³-hybridized carbons (Fsp3) is 0.462. The zero-order valence-corrected chi connectivity index (χ0v) is 11.2. The number of carbonyl (C=O) groups is 1. The van der Waals surface area contributed by atoms with Crippen LogP contribution < -0.4 is 14.8 Å². The maximum Gasteiger partial charge on any atom is 0.180 e. The molecule has 0 saturated heterocycles. The Morgan fingerprint density at radius 2 is 2.00 bits per heavy atom. The molecule has 0 aromatic heterocycles. The van der Waals surface area contributed by atoms with Crippen LogP contribution in [-0.2, 0) is 0 Å². The molecule has 0 spiro atoms. The van der Waals surface area contributed by atoms with Gasteiger partial charge in [0.15, 0.2) is 5.78 Å². The lowest BCUT2D eigenvalue weighted by Gasteiger charge is -2.11. The van der Waals surface area contributed by atoms with Crippen molar-refractivity contribution in [3.05, 3.63) is 22.7 Å². The molecule has 2 rings (SSSR count). The number of Topliss-reactive ketones (excluding diaryl/α,β-unsaturated/α-hetero) is 1. The lowest BCUT2D eigenvalue weighted by Crippen LogP contribution is -2.25. The molecule has 1 aliphatic carbocycles. The molecule has 1 saturated carbocycles. The summed E-state index contributed by atoms with van der Waals surface area (Å²) in [5.74, 6) is 0.935. The van der Waals surface area contributed by atoms with Crippen LogP contribution in [0.2, 0.25) is 5.02 Å². The molecule has 1 aliphatic rings. The molecule has 0 amide bonds. The lowest BCUT2D eigenvalue weighted by atomic mass is 10.1. The number of hydrogen-bond acceptors (Lipinski definition) is 4. The van der Waals surface area contributed by atoms with Crippen molar-refractivity contribution in [2.24, 2.45) is 0 Å². The first-order valence-corrected chi connectivity index (χ1v) is 6.21. The Balaban J connectivity index is 2.19. The van der Waals surface area contributed by atoms with Crippen molar-refractivity contribution in [2.45, 2.75) is 18.9 Å². The van der Waals surface area contributed by atoms with Crippen molar-refractivity contribution < 1.29 is 14.3 Å². The maximum absolute atomic E-state index is 12.1. The van der Waals surface area contributed by atoms with Gasteiger partial charge in [0.05, 0.1) is 31.4 Å². The molecule has 0 heterocycles. The van der Waals surface area contributed by atoms with E-state index in [-0.39, 0.29) is 5.78 Å².